The molecule has 0 radical (unpaired) electrons. The van der Waals surface area contributed by atoms with E-state index in [1.54, 1.807) is 0 Å². The molecule has 0 aliphatic carbocycles. The molecule has 0 bridgehead atoms. The van der Waals surface area contributed by atoms with Crippen molar-refractivity contribution in [3.8, 4) is 0 Å². The van der Waals surface area contributed by atoms with Crippen molar-refractivity contribution in [1.29, 1.82) is 0 Å². The van der Waals surface area contributed by atoms with Gasteiger partial charge in [-0.25, -0.2) is 0 Å². The Bertz CT molecular complexity index is 250. The average Bonchev–Trinajstić information content (AvgIpc) is 2.72. The predicted octanol–water partition coefficient (Wildman–Crippen LogP) is 1.40. The van der Waals surface area contributed by atoms with Crippen LogP contribution < -0.4 is 11.1 Å². The normalized spacial score (nSPS) is 24.8. The van der Waals surface area contributed by atoms with Crippen LogP contribution in [0.5, 0.6) is 0 Å². The molecule has 1 fully saturated rings. The average molecular weight is 193 g/mol. The molecule has 4 N–H and O–H groups in total. The van der Waals surface area contributed by atoms with Crippen LogP contribution in [0.4, 0.5) is 0 Å². The molecular weight excluding hydrogens is 174 g/mol. The third-order valence-electron chi connectivity index (χ3n) is 3.01. The predicted molar refractivity (Wildman–Crippen MR) is 57.9 cm³/mol. The van der Waals surface area contributed by atoms with E-state index < -0.39 is 0 Å². The van der Waals surface area contributed by atoms with Crippen LogP contribution in [-0.4, -0.2) is 18.1 Å². The smallest absolute Gasteiger partial charge is 0.0450 e. The zero-order chi connectivity index (χ0) is 9.80. The summed E-state index contributed by atoms with van der Waals surface area (Å²) in [6.07, 6.45) is 5.64. The van der Waals surface area contributed by atoms with Crippen molar-refractivity contribution in [2.45, 2.75) is 25.3 Å². The summed E-state index contributed by atoms with van der Waals surface area (Å²) < 4.78 is 0. The third-order valence-corrected chi connectivity index (χ3v) is 3.01. The Hall–Kier alpha value is -0.800. The maximum atomic E-state index is 6.11. The minimum absolute atomic E-state index is 0.176. The van der Waals surface area contributed by atoms with Gasteiger partial charge in [0, 0.05) is 17.9 Å². The SMILES string of the molecule is NC(CC1CCCNC1)c1ccc[nH]1. The number of aromatic nitrogens is 1. The van der Waals surface area contributed by atoms with Gasteiger partial charge in [-0.1, -0.05) is 0 Å². The van der Waals surface area contributed by atoms with E-state index in [9.17, 15) is 0 Å². The van der Waals surface area contributed by atoms with Gasteiger partial charge in [0.15, 0.2) is 0 Å². The van der Waals surface area contributed by atoms with Crippen LogP contribution in [0.2, 0.25) is 0 Å². The first-order valence-electron chi connectivity index (χ1n) is 5.46. The number of aromatic amines is 1. The van der Waals surface area contributed by atoms with Gasteiger partial charge in [-0.05, 0) is 50.4 Å². The Morgan fingerprint density at radius 1 is 1.57 bits per heavy atom. The summed E-state index contributed by atoms with van der Waals surface area (Å²) in [4.78, 5) is 3.18. The number of H-pyrrole nitrogens is 1. The summed E-state index contributed by atoms with van der Waals surface area (Å²) in [7, 11) is 0. The van der Waals surface area contributed by atoms with E-state index in [0.29, 0.717) is 0 Å². The molecule has 1 aromatic heterocycles. The fourth-order valence-electron chi connectivity index (χ4n) is 2.19. The van der Waals surface area contributed by atoms with E-state index >= 15 is 0 Å². The molecule has 2 unspecified atom stereocenters. The quantitative estimate of drug-likeness (QED) is 0.679. The van der Waals surface area contributed by atoms with Gasteiger partial charge in [0.2, 0.25) is 0 Å². The summed E-state index contributed by atoms with van der Waals surface area (Å²) in [6, 6.07) is 4.25. The van der Waals surface area contributed by atoms with Gasteiger partial charge in [0.25, 0.3) is 0 Å². The highest BCUT2D eigenvalue weighted by Gasteiger charge is 2.17. The van der Waals surface area contributed by atoms with Crippen LogP contribution in [0.15, 0.2) is 18.3 Å². The maximum absolute atomic E-state index is 6.11. The van der Waals surface area contributed by atoms with Crippen LogP contribution >= 0.6 is 0 Å². The highest BCUT2D eigenvalue weighted by molar-refractivity contribution is 5.08. The summed E-state index contributed by atoms with van der Waals surface area (Å²) in [5, 5.41) is 3.42. The van der Waals surface area contributed by atoms with Crippen LogP contribution in [0, 0.1) is 5.92 Å². The fourth-order valence-corrected chi connectivity index (χ4v) is 2.19. The van der Waals surface area contributed by atoms with E-state index in [4.69, 9.17) is 5.73 Å². The van der Waals surface area contributed by atoms with Gasteiger partial charge < -0.3 is 16.0 Å². The van der Waals surface area contributed by atoms with Crippen LogP contribution in [0.1, 0.15) is 31.0 Å². The molecule has 1 saturated heterocycles. The topological polar surface area (TPSA) is 53.8 Å². The summed E-state index contributed by atoms with van der Waals surface area (Å²) >= 11 is 0. The minimum Gasteiger partial charge on any atom is -0.364 e. The van der Waals surface area contributed by atoms with Crippen LogP contribution in [0.25, 0.3) is 0 Å². The van der Waals surface area contributed by atoms with Gasteiger partial charge in [-0.15, -0.1) is 0 Å². The fraction of sp³-hybridized carbons (Fsp3) is 0.636. The van der Waals surface area contributed by atoms with Crippen LogP contribution in [0.3, 0.4) is 0 Å². The lowest BCUT2D eigenvalue weighted by atomic mass is 9.92. The molecule has 1 aliphatic heterocycles. The van der Waals surface area contributed by atoms with Crippen molar-refractivity contribution in [1.82, 2.24) is 10.3 Å². The molecule has 1 aromatic rings. The number of hydrogen-bond acceptors (Lipinski definition) is 2. The van der Waals surface area contributed by atoms with E-state index in [1.807, 2.05) is 12.3 Å². The molecule has 2 heterocycles. The van der Waals surface area contributed by atoms with Gasteiger partial charge in [-0.2, -0.15) is 0 Å². The molecule has 0 saturated carbocycles. The van der Waals surface area contributed by atoms with Crippen molar-refractivity contribution < 1.29 is 0 Å². The molecule has 0 spiro atoms. The van der Waals surface area contributed by atoms with Crippen molar-refractivity contribution in [2.24, 2.45) is 11.7 Å². The Morgan fingerprint density at radius 3 is 3.14 bits per heavy atom. The minimum atomic E-state index is 0.176. The number of rotatable bonds is 3. The van der Waals surface area contributed by atoms with Gasteiger partial charge in [0.05, 0.1) is 0 Å². The lowest BCUT2D eigenvalue weighted by Gasteiger charge is -2.25. The van der Waals surface area contributed by atoms with Crippen molar-refractivity contribution in [3.63, 3.8) is 0 Å². The lowest BCUT2D eigenvalue weighted by Crippen LogP contribution is -2.31. The number of nitrogens with two attached hydrogens (primary N) is 1. The number of piperidine rings is 1. The van der Waals surface area contributed by atoms with Gasteiger partial charge >= 0.3 is 0 Å². The molecule has 2 rings (SSSR count). The van der Waals surface area contributed by atoms with E-state index in [0.717, 1.165) is 24.6 Å². The lowest BCUT2D eigenvalue weighted by molar-refractivity contribution is 0.335. The second-order valence-electron chi connectivity index (χ2n) is 4.18. The maximum Gasteiger partial charge on any atom is 0.0450 e. The number of nitrogens with one attached hydrogen (secondary N) is 2. The Kier molecular flexibility index (Phi) is 3.22. The third kappa shape index (κ3) is 2.36. The highest BCUT2D eigenvalue weighted by Crippen LogP contribution is 2.22. The van der Waals surface area contributed by atoms with E-state index in [1.165, 1.54) is 19.4 Å². The Labute approximate surface area is 85.1 Å². The molecule has 0 aromatic carbocycles. The summed E-state index contributed by atoms with van der Waals surface area (Å²) in [6.45, 7) is 2.31. The summed E-state index contributed by atoms with van der Waals surface area (Å²) in [5.41, 5.74) is 7.27. The standard InChI is InChI=1S/C11H19N3/c12-10(11-4-2-6-14-11)7-9-3-1-5-13-8-9/h2,4,6,9-10,13-14H,1,3,5,7-8,12H2. The van der Waals surface area contributed by atoms with Crippen molar-refractivity contribution in [3.05, 3.63) is 24.0 Å². The first-order valence-corrected chi connectivity index (χ1v) is 5.46. The van der Waals surface area contributed by atoms with Crippen molar-refractivity contribution in [2.75, 3.05) is 13.1 Å². The van der Waals surface area contributed by atoms with E-state index in [-0.39, 0.29) is 6.04 Å². The van der Waals surface area contributed by atoms with Crippen LogP contribution in [-0.2, 0) is 0 Å². The first kappa shape index (κ1) is 9.74. The number of hydrogen-bond donors (Lipinski definition) is 3. The molecule has 0 amide bonds. The molecule has 1 aliphatic rings. The molecular formula is C11H19N3. The van der Waals surface area contributed by atoms with Gasteiger partial charge in [0.1, 0.15) is 0 Å². The second-order valence-corrected chi connectivity index (χ2v) is 4.18. The molecule has 14 heavy (non-hydrogen) atoms. The van der Waals surface area contributed by atoms with Crippen molar-refractivity contribution >= 4 is 0 Å². The second kappa shape index (κ2) is 4.62. The largest absolute Gasteiger partial charge is 0.364 e. The van der Waals surface area contributed by atoms with E-state index in [2.05, 4.69) is 16.4 Å². The zero-order valence-electron chi connectivity index (χ0n) is 8.50. The Balaban J connectivity index is 1.84. The Morgan fingerprint density at radius 2 is 2.50 bits per heavy atom. The summed E-state index contributed by atoms with van der Waals surface area (Å²) in [5.74, 6) is 0.752. The first-order chi connectivity index (χ1) is 6.86. The molecule has 3 nitrogen and oxygen atoms in total. The molecule has 3 heteroatoms. The molecule has 2 atom stereocenters. The monoisotopic (exact) mass is 193 g/mol. The van der Waals surface area contributed by atoms with Gasteiger partial charge in [-0.3, -0.25) is 0 Å². The highest BCUT2D eigenvalue weighted by atomic mass is 14.9. The zero-order valence-corrected chi connectivity index (χ0v) is 8.50. The molecule has 78 valence electrons.